The van der Waals surface area contributed by atoms with Crippen molar-refractivity contribution < 1.29 is 9.59 Å². The number of nitrogen functional groups attached to an aromatic ring is 1. The topological polar surface area (TPSA) is 127 Å². The number of amides is 2. The molecular formula is C10H15N5O2. The number of carbonyl (C=O) groups is 2. The second kappa shape index (κ2) is 4.08. The Hall–Kier alpha value is -2.05. The summed E-state index contributed by atoms with van der Waals surface area (Å²) < 4.78 is 0. The number of primary amides is 1. The third kappa shape index (κ3) is 2.22. The molecule has 1 aliphatic carbocycles. The number of hydrogen-bond acceptors (Lipinski definition) is 4. The summed E-state index contributed by atoms with van der Waals surface area (Å²) in [5, 5.41) is 9.08. The first-order chi connectivity index (χ1) is 8.00. The van der Waals surface area contributed by atoms with E-state index < -0.39 is 17.9 Å². The zero-order valence-electron chi connectivity index (χ0n) is 9.49. The molecule has 0 aromatic carbocycles. The maximum absolute atomic E-state index is 11.8. The number of carbonyl (C=O) groups excluding carboxylic acids is 2. The number of aromatic amines is 1. The largest absolute Gasteiger partial charge is 0.395 e. The van der Waals surface area contributed by atoms with Gasteiger partial charge < -0.3 is 16.8 Å². The summed E-state index contributed by atoms with van der Waals surface area (Å²) >= 11 is 0. The first-order valence-electron chi connectivity index (χ1n) is 5.44. The number of hydrogen-bond donors (Lipinski definition) is 4. The van der Waals surface area contributed by atoms with Gasteiger partial charge in [-0.05, 0) is 19.8 Å². The number of nitrogens with two attached hydrogens (primary N) is 2. The van der Waals surface area contributed by atoms with E-state index in [1.54, 1.807) is 0 Å². The van der Waals surface area contributed by atoms with Crippen LogP contribution in [-0.2, 0) is 4.79 Å². The van der Waals surface area contributed by atoms with Crippen molar-refractivity contribution in [3.8, 4) is 0 Å². The highest BCUT2D eigenvalue weighted by atomic mass is 16.2. The molecule has 1 aromatic heterocycles. The molecule has 1 aromatic rings. The van der Waals surface area contributed by atoms with Crippen molar-refractivity contribution in [3.63, 3.8) is 0 Å². The maximum Gasteiger partial charge on any atom is 0.274 e. The molecule has 1 unspecified atom stereocenters. The van der Waals surface area contributed by atoms with Crippen molar-refractivity contribution in [3.05, 3.63) is 11.4 Å². The van der Waals surface area contributed by atoms with Crippen LogP contribution in [0.4, 0.5) is 5.69 Å². The summed E-state index contributed by atoms with van der Waals surface area (Å²) in [7, 11) is 0. The molecule has 2 amide bonds. The Balaban J connectivity index is 2.11. The fraction of sp³-hybridized carbons (Fsp3) is 0.500. The van der Waals surface area contributed by atoms with Crippen molar-refractivity contribution in [2.45, 2.75) is 31.7 Å². The predicted octanol–water partition coefficient (Wildman–Crippen LogP) is -0.527. The molecular weight excluding hydrogens is 222 g/mol. The third-order valence-corrected chi connectivity index (χ3v) is 2.81. The molecule has 17 heavy (non-hydrogen) atoms. The summed E-state index contributed by atoms with van der Waals surface area (Å²) in [4.78, 5) is 22.6. The first kappa shape index (κ1) is 11.4. The highest BCUT2D eigenvalue weighted by molar-refractivity contribution is 6.00. The van der Waals surface area contributed by atoms with E-state index in [0.717, 1.165) is 18.5 Å². The monoisotopic (exact) mass is 237 g/mol. The molecule has 1 atom stereocenters. The van der Waals surface area contributed by atoms with E-state index in [1.165, 1.54) is 6.92 Å². The molecule has 0 bridgehead atoms. The maximum atomic E-state index is 11.8. The quantitative estimate of drug-likeness (QED) is 0.561. The SMILES string of the molecule is CC(NC(=O)c1n[nH]c(C2CC2)c1N)C(N)=O. The van der Waals surface area contributed by atoms with Crippen LogP contribution in [0.2, 0.25) is 0 Å². The summed E-state index contributed by atoms with van der Waals surface area (Å²) in [6, 6.07) is -0.747. The van der Waals surface area contributed by atoms with Crippen LogP contribution < -0.4 is 16.8 Å². The van der Waals surface area contributed by atoms with Crippen LogP contribution in [0.3, 0.4) is 0 Å². The van der Waals surface area contributed by atoms with Crippen LogP contribution in [0, 0.1) is 0 Å². The van der Waals surface area contributed by atoms with Gasteiger partial charge in [0.1, 0.15) is 6.04 Å². The van der Waals surface area contributed by atoms with Gasteiger partial charge in [-0.3, -0.25) is 14.7 Å². The van der Waals surface area contributed by atoms with Crippen LogP contribution in [0.15, 0.2) is 0 Å². The Morgan fingerprint density at radius 3 is 2.71 bits per heavy atom. The summed E-state index contributed by atoms with van der Waals surface area (Å²) in [6.07, 6.45) is 2.12. The fourth-order valence-electron chi connectivity index (χ4n) is 1.56. The van der Waals surface area contributed by atoms with Gasteiger partial charge in [0.15, 0.2) is 5.69 Å². The molecule has 6 N–H and O–H groups in total. The van der Waals surface area contributed by atoms with Crippen molar-refractivity contribution in [2.75, 3.05) is 5.73 Å². The van der Waals surface area contributed by atoms with E-state index in [0.29, 0.717) is 11.6 Å². The second-order valence-electron chi connectivity index (χ2n) is 4.27. The van der Waals surface area contributed by atoms with Crippen LogP contribution in [-0.4, -0.2) is 28.1 Å². The molecule has 0 spiro atoms. The number of anilines is 1. The lowest BCUT2D eigenvalue weighted by Gasteiger charge is -2.08. The summed E-state index contributed by atoms with van der Waals surface area (Å²) in [5.74, 6) is -0.704. The van der Waals surface area contributed by atoms with Gasteiger partial charge in [0.25, 0.3) is 5.91 Å². The average Bonchev–Trinajstić information content (AvgIpc) is 3.02. The van der Waals surface area contributed by atoms with Crippen molar-refractivity contribution in [2.24, 2.45) is 5.73 Å². The smallest absolute Gasteiger partial charge is 0.274 e. The van der Waals surface area contributed by atoms with Crippen LogP contribution in [0.25, 0.3) is 0 Å². The van der Waals surface area contributed by atoms with E-state index >= 15 is 0 Å². The number of nitrogens with zero attached hydrogens (tertiary/aromatic N) is 1. The second-order valence-corrected chi connectivity index (χ2v) is 4.27. The fourth-order valence-corrected chi connectivity index (χ4v) is 1.56. The number of nitrogens with one attached hydrogen (secondary N) is 2. The highest BCUT2D eigenvalue weighted by Gasteiger charge is 2.30. The Kier molecular flexibility index (Phi) is 2.74. The number of rotatable bonds is 4. The van der Waals surface area contributed by atoms with Crippen LogP contribution in [0.1, 0.15) is 41.9 Å². The van der Waals surface area contributed by atoms with Crippen LogP contribution >= 0.6 is 0 Å². The summed E-state index contributed by atoms with van der Waals surface area (Å²) in [5.41, 5.74) is 12.2. The molecule has 2 rings (SSSR count). The zero-order chi connectivity index (χ0) is 12.6. The van der Waals surface area contributed by atoms with Crippen molar-refractivity contribution in [1.29, 1.82) is 0 Å². The lowest BCUT2D eigenvalue weighted by Crippen LogP contribution is -2.42. The molecule has 1 fully saturated rings. The lowest BCUT2D eigenvalue weighted by atomic mass is 10.2. The van der Waals surface area contributed by atoms with E-state index in [9.17, 15) is 9.59 Å². The van der Waals surface area contributed by atoms with E-state index in [-0.39, 0.29) is 5.69 Å². The normalized spacial score (nSPS) is 16.5. The molecule has 0 radical (unpaired) electrons. The first-order valence-corrected chi connectivity index (χ1v) is 5.44. The zero-order valence-corrected chi connectivity index (χ0v) is 9.49. The molecule has 92 valence electrons. The standard InChI is InChI=1S/C10H15N5O2/c1-4(9(12)16)13-10(17)8-6(11)7(14-15-8)5-2-3-5/h4-5H,2-3,11H2,1H3,(H2,12,16)(H,13,17)(H,14,15). The minimum atomic E-state index is -0.747. The van der Waals surface area contributed by atoms with E-state index in [1.807, 2.05) is 0 Å². The number of aromatic nitrogens is 2. The Morgan fingerprint density at radius 2 is 2.18 bits per heavy atom. The molecule has 7 nitrogen and oxygen atoms in total. The van der Waals surface area contributed by atoms with Gasteiger partial charge in [0, 0.05) is 5.92 Å². The minimum absolute atomic E-state index is 0.125. The highest BCUT2D eigenvalue weighted by Crippen LogP contribution is 2.42. The summed E-state index contributed by atoms with van der Waals surface area (Å²) in [6.45, 7) is 1.50. The van der Waals surface area contributed by atoms with E-state index in [4.69, 9.17) is 11.5 Å². The van der Waals surface area contributed by atoms with Gasteiger partial charge in [-0.15, -0.1) is 0 Å². The van der Waals surface area contributed by atoms with Crippen molar-refractivity contribution in [1.82, 2.24) is 15.5 Å². The minimum Gasteiger partial charge on any atom is -0.395 e. The van der Waals surface area contributed by atoms with Gasteiger partial charge in [-0.2, -0.15) is 5.10 Å². The molecule has 0 saturated heterocycles. The Labute approximate surface area is 97.9 Å². The van der Waals surface area contributed by atoms with E-state index in [2.05, 4.69) is 15.5 Å². The average molecular weight is 237 g/mol. The van der Waals surface area contributed by atoms with Gasteiger partial charge >= 0.3 is 0 Å². The van der Waals surface area contributed by atoms with Gasteiger partial charge in [-0.25, -0.2) is 0 Å². The Bertz CT molecular complexity index is 463. The molecule has 1 heterocycles. The van der Waals surface area contributed by atoms with Crippen LogP contribution in [0.5, 0.6) is 0 Å². The molecule has 1 aliphatic rings. The number of H-pyrrole nitrogens is 1. The van der Waals surface area contributed by atoms with Gasteiger partial charge in [0.2, 0.25) is 5.91 Å². The Morgan fingerprint density at radius 1 is 1.53 bits per heavy atom. The van der Waals surface area contributed by atoms with Gasteiger partial charge in [0.05, 0.1) is 11.4 Å². The molecule has 7 heteroatoms. The van der Waals surface area contributed by atoms with Crippen molar-refractivity contribution >= 4 is 17.5 Å². The predicted molar refractivity (Wildman–Crippen MR) is 61.1 cm³/mol. The molecule has 1 saturated carbocycles. The molecule has 0 aliphatic heterocycles. The third-order valence-electron chi connectivity index (χ3n) is 2.81. The lowest BCUT2D eigenvalue weighted by molar-refractivity contribution is -0.119. The van der Waals surface area contributed by atoms with Gasteiger partial charge in [-0.1, -0.05) is 0 Å².